The number of pyridine rings is 1. The molecule has 0 unspecified atom stereocenters. The van der Waals surface area contributed by atoms with E-state index in [1.807, 2.05) is 36.4 Å². The van der Waals surface area contributed by atoms with Gasteiger partial charge in [-0.2, -0.15) is 5.10 Å². The largest absolute Gasteiger partial charge is 0.507 e. The van der Waals surface area contributed by atoms with Crippen LogP contribution in [0, 0.1) is 0 Å². The highest BCUT2D eigenvalue weighted by Crippen LogP contribution is 2.45. The van der Waals surface area contributed by atoms with Gasteiger partial charge < -0.3 is 10.0 Å². The number of H-pyrrole nitrogens is 1. The number of phenols is 1. The van der Waals surface area contributed by atoms with Crippen LogP contribution in [0.2, 0.25) is 5.02 Å². The van der Waals surface area contributed by atoms with Crippen LogP contribution >= 0.6 is 11.6 Å². The standard InChI is InChI=1S/C23H17ClN4O2/c24-16-7-3-6-15(11-16)22-19-20(17-8-1-2-9-18(17)29)26-27-21(19)23(30)28(22)13-14-5-4-10-25-12-14/h1-12,22,29H,13H2,(H,26,27)/t22-/m0/s1. The Morgan fingerprint density at radius 1 is 1.10 bits per heavy atom. The number of benzene rings is 2. The second-order valence-corrected chi connectivity index (χ2v) is 7.57. The van der Waals surface area contributed by atoms with Gasteiger partial charge in [0, 0.05) is 35.1 Å². The van der Waals surface area contributed by atoms with Crippen molar-refractivity contribution in [3.8, 4) is 17.0 Å². The summed E-state index contributed by atoms with van der Waals surface area (Å²) in [6.45, 7) is 0.382. The smallest absolute Gasteiger partial charge is 0.273 e. The lowest BCUT2D eigenvalue weighted by Gasteiger charge is -2.26. The zero-order valence-corrected chi connectivity index (χ0v) is 16.5. The van der Waals surface area contributed by atoms with Gasteiger partial charge in [-0.1, -0.05) is 41.9 Å². The number of nitrogens with zero attached hydrogens (tertiary/aromatic N) is 3. The number of rotatable bonds is 4. The second kappa shape index (κ2) is 7.31. The molecule has 6 nitrogen and oxygen atoms in total. The maximum Gasteiger partial charge on any atom is 0.273 e. The predicted octanol–water partition coefficient (Wildman–Crippen LogP) is 4.58. The summed E-state index contributed by atoms with van der Waals surface area (Å²) >= 11 is 6.27. The molecule has 0 aliphatic carbocycles. The van der Waals surface area contributed by atoms with Crippen molar-refractivity contribution in [2.75, 3.05) is 0 Å². The number of nitrogens with one attached hydrogen (secondary N) is 1. The second-order valence-electron chi connectivity index (χ2n) is 7.13. The third-order valence-corrected chi connectivity index (χ3v) is 5.50. The number of carbonyl (C=O) groups excluding carboxylic acids is 1. The number of aromatic hydroxyl groups is 1. The molecule has 0 fully saturated rings. The zero-order chi connectivity index (χ0) is 20.7. The molecule has 0 radical (unpaired) electrons. The van der Waals surface area contributed by atoms with E-state index in [1.165, 1.54) is 0 Å². The molecule has 7 heteroatoms. The Hall–Kier alpha value is -3.64. The van der Waals surface area contributed by atoms with Gasteiger partial charge in [-0.05, 0) is 41.5 Å². The Morgan fingerprint density at radius 3 is 2.73 bits per heavy atom. The number of aromatic nitrogens is 3. The molecule has 2 N–H and O–H groups in total. The highest BCUT2D eigenvalue weighted by atomic mass is 35.5. The first-order chi connectivity index (χ1) is 14.6. The topological polar surface area (TPSA) is 82.1 Å². The molecule has 0 bridgehead atoms. The Labute approximate surface area is 177 Å². The average molecular weight is 417 g/mol. The van der Waals surface area contributed by atoms with Crippen LogP contribution < -0.4 is 0 Å². The van der Waals surface area contributed by atoms with Gasteiger partial charge in [0.2, 0.25) is 0 Å². The Kier molecular flexibility index (Phi) is 4.48. The van der Waals surface area contributed by atoms with Crippen molar-refractivity contribution in [1.82, 2.24) is 20.1 Å². The maximum atomic E-state index is 13.3. The van der Waals surface area contributed by atoms with Crippen LogP contribution in [0.25, 0.3) is 11.3 Å². The summed E-state index contributed by atoms with van der Waals surface area (Å²) in [5, 5.41) is 18.3. The van der Waals surface area contributed by atoms with Crippen LogP contribution in [-0.2, 0) is 6.54 Å². The first kappa shape index (κ1) is 18.4. The van der Waals surface area contributed by atoms with Gasteiger partial charge in [0.1, 0.15) is 17.1 Å². The summed E-state index contributed by atoms with van der Waals surface area (Å²) in [5.74, 6) is -0.0530. The number of hydrogen-bond acceptors (Lipinski definition) is 4. The molecule has 3 heterocycles. The summed E-state index contributed by atoms with van der Waals surface area (Å²) in [6.07, 6.45) is 3.45. The van der Waals surface area contributed by atoms with Crippen LogP contribution in [0.3, 0.4) is 0 Å². The molecule has 30 heavy (non-hydrogen) atoms. The molecule has 2 aromatic carbocycles. The van der Waals surface area contributed by atoms with Gasteiger partial charge in [0.05, 0.1) is 6.04 Å². The molecule has 0 saturated heterocycles. The molecular weight excluding hydrogens is 400 g/mol. The van der Waals surface area contributed by atoms with Crippen molar-refractivity contribution < 1.29 is 9.90 Å². The number of carbonyl (C=O) groups is 1. The molecule has 1 aliphatic heterocycles. The molecule has 4 aromatic rings. The van der Waals surface area contributed by atoms with Gasteiger partial charge in [-0.3, -0.25) is 14.9 Å². The van der Waals surface area contributed by atoms with E-state index < -0.39 is 6.04 Å². The predicted molar refractivity (Wildman–Crippen MR) is 113 cm³/mol. The van der Waals surface area contributed by atoms with Crippen molar-refractivity contribution in [2.24, 2.45) is 0 Å². The molecule has 2 aromatic heterocycles. The first-order valence-electron chi connectivity index (χ1n) is 9.45. The third kappa shape index (κ3) is 3.02. The van der Waals surface area contributed by atoms with Gasteiger partial charge in [-0.25, -0.2) is 0 Å². The highest BCUT2D eigenvalue weighted by molar-refractivity contribution is 6.30. The number of amides is 1. The fourth-order valence-corrected chi connectivity index (χ4v) is 4.15. The van der Waals surface area contributed by atoms with Crippen LogP contribution in [0.4, 0.5) is 0 Å². The minimum Gasteiger partial charge on any atom is -0.507 e. The molecule has 1 aliphatic rings. The minimum absolute atomic E-state index is 0.106. The Balaban J connectivity index is 1.68. The maximum absolute atomic E-state index is 13.3. The summed E-state index contributed by atoms with van der Waals surface area (Å²) in [5.41, 5.74) is 4.06. The lowest BCUT2D eigenvalue weighted by atomic mass is 9.95. The van der Waals surface area contributed by atoms with E-state index in [0.29, 0.717) is 28.5 Å². The fraction of sp³-hybridized carbons (Fsp3) is 0.0870. The van der Waals surface area contributed by atoms with Crippen LogP contribution in [0.15, 0.2) is 73.1 Å². The van der Waals surface area contributed by atoms with Gasteiger partial charge in [0.15, 0.2) is 0 Å². The monoisotopic (exact) mass is 416 g/mol. The summed E-state index contributed by atoms with van der Waals surface area (Å²) in [7, 11) is 0. The summed E-state index contributed by atoms with van der Waals surface area (Å²) in [6, 6.07) is 17.8. The normalized spacial score (nSPS) is 15.4. The van der Waals surface area contributed by atoms with Gasteiger partial charge in [-0.15, -0.1) is 0 Å². The number of fused-ring (bicyclic) bond motifs is 1. The van der Waals surface area contributed by atoms with Gasteiger partial charge >= 0.3 is 0 Å². The Morgan fingerprint density at radius 2 is 1.97 bits per heavy atom. The fourth-order valence-electron chi connectivity index (χ4n) is 3.95. The molecule has 1 amide bonds. The highest BCUT2D eigenvalue weighted by Gasteiger charge is 2.42. The van der Waals surface area contributed by atoms with Crippen molar-refractivity contribution in [3.05, 3.63) is 100 Å². The van der Waals surface area contributed by atoms with Crippen LogP contribution in [-0.4, -0.2) is 31.1 Å². The molecular formula is C23H17ClN4O2. The lowest BCUT2D eigenvalue weighted by Crippen LogP contribution is -2.29. The average Bonchev–Trinajstić information content (AvgIpc) is 3.29. The van der Waals surface area contributed by atoms with E-state index in [9.17, 15) is 9.90 Å². The summed E-state index contributed by atoms with van der Waals surface area (Å²) in [4.78, 5) is 19.3. The zero-order valence-electron chi connectivity index (χ0n) is 15.8. The molecule has 0 spiro atoms. The van der Waals surface area contributed by atoms with E-state index in [-0.39, 0.29) is 11.7 Å². The van der Waals surface area contributed by atoms with Crippen LogP contribution in [0.1, 0.15) is 33.2 Å². The number of hydrogen-bond donors (Lipinski definition) is 2. The van der Waals surface area contributed by atoms with Crippen molar-refractivity contribution in [3.63, 3.8) is 0 Å². The molecule has 148 valence electrons. The number of halogens is 1. The van der Waals surface area contributed by atoms with Gasteiger partial charge in [0.25, 0.3) is 5.91 Å². The van der Waals surface area contributed by atoms with Crippen LogP contribution in [0.5, 0.6) is 5.75 Å². The van der Waals surface area contributed by atoms with Crippen molar-refractivity contribution in [1.29, 1.82) is 0 Å². The van der Waals surface area contributed by atoms with Crippen molar-refractivity contribution in [2.45, 2.75) is 12.6 Å². The SMILES string of the molecule is O=C1c2[nH]nc(-c3ccccc3O)c2[C@H](c2cccc(Cl)c2)N1Cc1cccnc1. The molecule has 0 saturated carbocycles. The first-order valence-corrected chi connectivity index (χ1v) is 9.83. The number of para-hydroxylation sites is 1. The quantitative estimate of drug-likeness (QED) is 0.510. The lowest BCUT2D eigenvalue weighted by molar-refractivity contribution is 0.0730. The third-order valence-electron chi connectivity index (χ3n) is 5.26. The van der Waals surface area contributed by atoms with E-state index in [4.69, 9.17) is 11.6 Å². The van der Waals surface area contributed by atoms with E-state index in [0.717, 1.165) is 16.7 Å². The molecule has 5 rings (SSSR count). The number of aromatic amines is 1. The molecule has 1 atom stereocenters. The van der Waals surface area contributed by atoms with E-state index in [1.54, 1.807) is 41.6 Å². The van der Waals surface area contributed by atoms with Crippen molar-refractivity contribution >= 4 is 17.5 Å². The summed E-state index contributed by atoms with van der Waals surface area (Å²) < 4.78 is 0. The Bertz CT molecular complexity index is 1240. The minimum atomic E-state index is -0.403. The van der Waals surface area contributed by atoms with E-state index >= 15 is 0 Å². The number of phenolic OH excluding ortho intramolecular Hbond substituents is 1. The van der Waals surface area contributed by atoms with E-state index in [2.05, 4.69) is 15.2 Å².